The third-order valence-electron chi connectivity index (χ3n) is 2.73. The zero-order chi connectivity index (χ0) is 12.0. The molecular weight excluding hydrogens is 204 g/mol. The molecule has 0 aliphatic carbocycles. The van der Waals surface area contributed by atoms with E-state index in [4.69, 9.17) is 0 Å². The summed E-state index contributed by atoms with van der Waals surface area (Å²) in [6.07, 6.45) is 3.34. The number of carbonyl (C=O) groups is 2. The van der Waals surface area contributed by atoms with Crippen LogP contribution in [0.5, 0.6) is 0 Å². The van der Waals surface area contributed by atoms with Gasteiger partial charge in [0.1, 0.15) is 6.42 Å². The number of hydrogen-bond acceptors (Lipinski definition) is 2. The van der Waals surface area contributed by atoms with E-state index in [9.17, 15) is 9.59 Å². The Morgan fingerprint density at radius 3 is 2.38 bits per heavy atom. The maximum absolute atomic E-state index is 11.7. The Morgan fingerprint density at radius 2 is 1.81 bits per heavy atom. The number of nitrogens with one attached hydrogen (secondary N) is 1. The zero-order valence-electron chi connectivity index (χ0n) is 10.3. The van der Waals surface area contributed by atoms with Crippen molar-refractivity contribution >= 4 is 11.8 Å². The maximum Gasteiger partial charge on any atom is 0.232 e. The molecular formula is C12H22N2O2. The van der Waals surface area contributed by atoms with Crippen LogP contribution in [-0.2, 0) is 9.59 Å². The van der Waals surface area contributed by atoms with E-state index in [1.165, 1.54) is 6.42 Å². The maximum atomic E-state index is 11.7. The van der Waals surface area contributed by atoms with Gasteiger partial charge in [-0.1, -0.05) is 13.8 Å². The van der Waals surface area contributed by atoms with E-state index in [0.29, 0.717) is 12.5 Å². The molecule has 1 aliphatic rings. The van der Waals surface area contributed by atoms with Crippen LogP contribution in [0.3, 0.4) is 0 Å². The fourth-order valence-corrected chi connectivity index (χ4v) is 1.77. The molecule has 4 nitrogen and oxygen atoms in total. The molecule has 0 aromatic carbocycles. The molecule has 16 heavy (non-hydrogen) atoms. The first-order valence-corrected chi connectivity index (χ1v) is 6.14. The number of rotatable bonds is 4. The number of amides is 2. The monoisotopic (exact) mass is 226 g/mol. The van der Waals surface area contributed by atoms with Crippen molar-refractivity contribution in [3.05, 3.63) is 0 Å². The fraction of sp³-hybridized carbons (Fsp3) is 0.833. The molecule has 1 fully saturated rings. The van der Waals surface area contributed by atoms with Crippen molar-refractivity contribution < 1.29 is 9.59 Å². The first-order valence-electron chi connectivity index (χ1n) is 6.14. The first-order chi connectivity index (χ1) is 7.59. The van der Waals surface area contributed by atoms with Crippen molar-refractivity contribution in [2.24, 2.45) is 5.92 Å². The Hall–Kier alpha value is -1.06. The van der Waals surface area contributed by atoms with Crippen LogP contribution < -0.4 is 5.32 Å². The second-order valence-electron chi connectivity index (χ2n) is 4.82. The second-order valence-corrected chi connectivity index (χ2v) is 4.82. The summed E-state index contributed by atoms with van der Waals surface area (Å²) in [5.41, 5.74) is 0. The van der Waals surface area contributed by atoms with E-state index >= 15 is 0 Å². The topological polar surface area (TPSA) is 49.4 Å². The molecule has 0 atom stereocenters. The predicted molar refractivity (Wildman–Crippen MR) is 62.9 cm³/mol. The van der Waals surface area contributed by atoms with Gasteiger partial charge in [0.15, 0.2) is 0 Å². The molecule has 0 spiro atoms. The Kier molecular flexibility index (Phi) is 5.29. The van der Waals surface area contributed by atoms with Gasteiger partial charge in [-0.2, -0.15) is 0 Å². The van der Waals surface area contributed by atoms with Crippen molar-refractivity contribution in [2.75, 3.05) is 19.6 Å². The van der Waals surface area contributed by atoms with Gasteiger partial charge in [0.2, 0.25) is 11.8 Å². The summed E-state index contributed by atoms with van der Waals surface area (Å²) in [5, 5.41) is 2.77. The molecule has 0 aromatic rings. The van der Waals surface area contributed by atoms with E-state index in [1.807, 2.05) is 13.8 Å². The van der Waals surface area contributed by atoms with Crippen molar-refractivity contribution in [3.8, 4) is 0 Å². The third-order valence-corrected chi connectivity index (χ3v) is 2.73. The third kappa shape index (κ3) is 4.64. The molecule has 0 saturated carbocycles. The highest BCUT2D eigenvalue weighted by Gasteiger charge is 2.18. The van der Waals surface area contributed by atoms with Crippen LogP contribution in [0.15, 0.2) is 0 Å². The smallest absolute Gasteiger partial charge is 0.232 e. The Morgan fingerprint density at radius 1 is 1.19 bits per heavy atom. The molecule has 2 amide bonds. The Balaban J connectivity index is 2.24. The van der Waals surface area contributed by atoms with Gasteiger partial charge in [-0.15, -0.1) is 0 Å². The van der Waals surface area contributed by atoms with Crippen LogP contribution in [0.4, 0.5) is 0 Å². The molecule has 4 heteroatoms. The average Bonchev–Trinajstić information content (AvgIpc) is 2.27. The standard InChI is InChI=1S/C12H22N2O2/c1-10(2)9-13-11(15)8-12(16)14-6-4-3-5-7-14/h10H,3-9H2,1-2H3,(H,13,15). The lowest BCUT2D eigenvalue weighted by Crippen LogP contribution is -2.39. The molecule has 0 bridgehead atoms. The minimum atomic E-state index is -0.149. The van der Waals surface area contributed by atoms with Crippen LogP contribution >= 0.6 is 0 Å². The van der Waals surface area contributed by atoms with Crippen molar-refractivity contribution in [1.82, 2.24) is 10.2 Å². The van der Waals surface area contributed by atoms with Crippen LogP contribution in [0.25, 0.3) is 0 Å². The first kappa shape index (κ1) is 13.0. The van der Waals surface area contributed by atoms with E-state index < -0.39 is 0 Å². The van der Waals surface area contributed by atoms with Crippen molar-refractivity contribution in [3.63, 3.8) is 0 Å². The summed E-state index contributed by atoms with van der Waals surface area (Å²) in [6, 6.07) is 0. The van der Waals surface area contributed by atoms with Gasteiger partial charge < -0.3 is 10.2 Å². The van der Waals surface area contributed by atoms with Crippen molar-refractivity contribution in [1.29, 1.82) is 0 Å². The molecule has 1 N–H and O–H groups in total. The molecule has 0 unspecified atom stereocenters. The molecule has 1 aliphatic heterocycles. The highest BCUT2D eigenvalue weighted by atomic mass is 16.2. The number of nitrogens with zero attached hydrogens (tertiary/aromatic N) is 1. The highest BCUT2D eigenvalue weighted by Crippen LogP contribution is 2.09. The summed E-state index contributed by atoms with van der Waals surface area (Å²) in [4.78, 5) is 25.0. The minimum Gasteiger partial charge on any atom is -0.355 e. The fourth-order valence-electron chi connectivity index (χ4n) is 1.77. The Labute approximate surface area is 97.4 Å². The van der Waals surface area contributed by atoms with E-state index in [-0.39, 0.29) is 18.2 Å². The lowest BCUT2D eigenvalue weighted by molar-refractivity contribution is -0.136. The van der Waals surface area contributed by atoms with Crippen LogP contribution in [-0.4, -0.2) is 36.3 Å². The quantitative estimate of drug-likeness (QED) is 0.731. The van der Waals surface area contributed by atoms with Gasteiger partial charge in [-0.25, -0.2) is 0 Å². The number of hydrogen-bond donors (Lipinski definition) is 1. The summed E-state index contributed by atoms with van der Waals surface area (Å²) < 4.78 is 0. The lowest BCUT2D eigenvalue weighted by Gasteiger charge is -2.26. The van der Waals surface area contributed by atoms with E-state index in [2.05, 4.69) is 5.32 Å². The number of carbonyl (C=O) groups excluding carboxylic acids is 2. The van der Waals surface area contributed by atoms with Gasteiger partial charge >= 0.3 is 0 Å². The number of piperidine rings is 1. The molecule has 1 saturated heterocycles. The predicted octanol–water partition coefficient (Wildman–Crippen LogP) is 1.16. The van der Waals surface area contributed by atoms with Gasteiger partial charge in [0.25, 0.3) is 0 Å². The highest BCUT2D eigenvalue weighted by molar-refractivity contribution is 5.96. The number of likely N-dealkylation sites (tertiary alicyclic amines) is 1. The molecule has 92 valence electrons. The van der Waals surface area contributed by atoms with Gasteiger partial charge in [-0.05, 0) is 25.2 Å². The zero-order valence-corrected chi connectivity index (χ0v) is 10.3. The molecule has 1 rings (SSSR count). The summed E-state index contributed by atoms with van der Waals surface area (Å²) in [5.74, 6) is 0.249. The van der Waals surface area contributed by atoms with Crippen LogP contribution in [0.1, 0.15) is 39.5 Å². The van der Waals surface area contributed by atoms with Crippen LogP contribution in [0, 0.1) is 5.92 Å². The summed E-state index contributed by atoms with van der Waals surface area (Å²) in [7, 11) is 0. The second kappa shape index (κ2) is 6.51. The van der Waals surface area contributed by atoms with Crippen LogP contribution in [0.2, 0.25) is 0 Å². The summed E-state index contributed by atoms with van der Waals surface area (Å²) in [6.45, 7) is 6.35. The average molecular weight is 226 g/mol. The van der Waals surface area contributed by atoms with Gasteiger partial charge in [0.05, 0.1) is 0 Å². The molecule has 0 radical (unpaired) electrons. The largest absolute Gasteiger partial charge is 0.355 e. The van der Waals surface area contributed by atoms with Crippen molar-refractivity contribution in [2.45, 2.75) is 39.5 Å². The normalized spacial score (nSPS) is 16.3. The molecule has 1 heterocycles. The minimum absolute atomic E-state index is 0.00667. The molecule has 0 aromatic heterocycles. The Bertz CT molecular complexity index is 245. The summed E-state index contributed by atoms with van der Waals surface area (Å²) >= 11 is 0. The van der Waals surface area contributed by atoms with Gasteiger partial charge in [0, 0.05) is 19.6 Å². The van der Waals surface area contributed by atoms with E-state index in [0.717, 1.165) is 25.9 Å². The lowest BCUT2D eigenvalue weighted by atomic mass is 10.1. The van der Waals surface area contributed by atoms with Gasteiger partial charge in [-0.3, -0.25) is 9.59 Å². The SMILES string of the molecule is CC(C)CNC(=O)CC(=O)N1CCCCC1. The van der Waals surface area contributed by atoms with E-state index in [1.54, 1.807) is 4.90 Å².